The minimum Gasteiger partial charge on any atom is -0.497 e. The molecule has 0 atom stereocenters. The van der Waals surface area contributed by atoms with E-state index in [0.29, 0.717) is 16.6 Å². The lowest BCUT2D eigenvalue weighted by Crippen LogP contribution is -2.18. The first-order chi connectivity index (χ1) is 16.4. The molecular weight excluding hydrogens is 474 g/mol. The number of carbonyl (C=O) groups is 1. The van der Waals surface area contributed by atoms with Gasteiger partial charge in [-0.2, -0.15) is 0 Å². The number of para-hydroxylation sites is 1. The van der Waals surface area contributed by atoms with Crippen LogP contribution in [0.25, 0.3) is 11.3 Å². The van der Waals surface area contributed by atoms with Gasteiger partial charge in [-0.15, -0.1) is 11.3 Å². The van der Waals surface area contributed by atoms with Gasteiger partial charge in [-0.25, -0.2) is 13.4 Å². The molecule has 1 aromatic heterocycles. The second kappa shape index (κ2) is 9.94. The van der Waals surface area contributed by atoms with Gasteiger partial charge < -0.3 is 9.47 Å². The maximum Gasteiger partial charge on any atom is 0.261 e. The molecule has 0 aliphatic heterocycles. The molecule has 2 N–H and O–H groups in total. The molecule has 0 unspecified atom stereocenters. The number of sulfonamides is 1. The van der Waals surface area contributed by atoms with Crippen molar-refractivity contribution in [2.75, 3.05) is 24.3 Å². The number of methoxy groups -OCH3 is 2. The second-order valence-electron chi connectivity index (χ2n) is 7.05. The second-order valence-corrected chi connectivity index (χ2v) is 9.59. The molecule has 8 nitrogen and oxygen atoms in total. The molecule has 0 spiro atoms. The molecule has 0 bridgehead atoms. The maximum atomic E-state index is 13.0. The van der Waals surface area contributed by atoms with Crippen molar-refractivity contribution in [3.8, 4) is 22.8 Å². The number of benzene rings is 3. The van der Waals surface area contributed by atoms with Gasteiger partial charge in [0.25, 0.3) is 15.9 Å². The number of hydrogen-bond acceptors (Lipinski definition) is 7. The van der Waals surface area contributed by atoms with E-state index < -0.39 is 15.9 Å². The van der Waals surface area contributed by atoms with Gasteiger partial charge in [0.1, 0.15) is 11.5 Å². The quantitative estimate of drug-likeness (QED) is 0.361. The number of nitrogens with zero attached hydrogens (tertiary/aromatic N) is 1. The highest BCUT2D eigenvalue weighted by Gasteiger charge is 2.19. The number of carbonyl (C=O) groups excluding carboxylic acids is 1. The fraction of sp³-hybridized carbons (Fsp3) is 0.0833. The van der Waals surface area contributed by atoms with Crippen LogP contribution in [-0.2, 0) is 10.0 Å². The number of rotatable bonds is 8. The summed E-state index contributed by atoms with van der Waals surface area (Å²) in [6, 6.07) is 19.8. The molecular formula is C24H21N3O5S2. The molecule has 0 saturated carbocycles. The van der Waals surface area contributed by atoms with E-state index in [9.17, 15) is 13.2 Å². The molecule has 0 aliphatic rings. The van der Waals surface area contributed by atoms with Gasteiger partial charge in [-0.1, -0.05) is 12.1 Å². The molecule has 10 heteroatoms. The van der Waals surface area contributed by atoms with E-state index >= 15 is 0 Å². The summed E-state index contributed by atoms with van der Waals surface area (Å²) in [7, 11) is -0.817. The number of amides is 1. The Kier molecular flexibility index (Phi) is 6.80. The number of thiazole rings is 1. The van der Waals surface area contributed by atoms with E-state index in [2.05, 4.69) is 15.0 Å². The fourth-order valence-electron chi connectivity index (χ4n) is 3.12. The van der Waals surface area contributed by atoms with Crippen molar-refractivity contribution in [3.63, 3.8) is 0 Å². The molecule has 4 rings (SSSR count). The summed E-state index contributed by atoms with van der Waals surface area (Å²) in [4.78, 5) is 17.5. The van der Waals surface area contributed by atoms with E-state index in [0.717, 1.165) is 11.3 Å². The average Bonchev–Trinajstić information content (AvgIpc) is 3.32. The highest BCUT2D eigenvalue weighted by molar-refractivity contribution is 7.92. The van der Waals surface area contributed by atoms with Gasteiger partial charge in [0.05, 0.1) is 36.1 Å². The number of ether oxygens (including phenoxy) is 2. The summed E-state index contributed by atoms with van der Waals surface area (Å²) < 4.78 is 38.4. The Morgan fingerprint density at radius 3 is 2.15 bits per heavy atom. The predicted molar refractivity (Wildman–Crippen MR) is 132 cm³/mol. The summed E-state index contributed by atoms with van der Waals surface area (Å²) in [5.41, 5.74) is 1.91. The molecule has 1 amide bonds. The van der Waals surface area contributed by atoms with Crippen LogP contribution in [-0.4, -0.2) is 33.5 Å². The summed E-state index contributed by atoms with van der Waals surface area (Å²) in [5.74, 6) is 0.793. The topological polar surface area (TPSA) is 107 Å². The van der Waals surface area contributed by atoms with Crippen molar-refractivity contribution in [2.45, 2.75) is 4.90 Å². The number of nitrogens with one attached hydrogen (secondary N) is 2. The zero-order valence-corrected chi connectivity index (χ0v) is 19.9. The molecule has 1 heterocycles. The van der Waals surface area contributed by atoms with Gasteiger partial charge in [0, 0.05) is 10.9 Å². The van der Waals surface area contributed by atoms with E-state index in [1.54, 1.807) is 37.4 Å². The third kappa shape index (κ3) is 5.19. The Hall–Kier alpha value is -3.89. The molecule has 4 aromatic rings. The number of aromatic nitrogens is 1. The van der Waals surface area contributed by atoms with Gasteiger partial charge >= 0.3 is 0 Å². The molecule has 174 valence electrons. The first-order valence-electron chi connectivity index (χ1n) is 10.1. The lowest BCUT2D eigenvalue weighted by Gasteiger charge is -2.12. The summed E-state index contributed by atoms with van der Waals surface area (Å²) in [6.07, 6.45) is 0. The van der Waals surface area contributed by atoms with Gasteiger partial charge in [0.2, 0.25) is 0 Å². The van der Waals surface area contributed by atoms with Crippen molar-refractivity contribution in [1.82, 2.24) is 4.98 Å². The lowest BCUT2D eigenvalue weighted by atomic mass is 10.1. The Balaban J connectivity index is 1.52. The minimum absolute atomic E-state index is 0.0487. The van der Waals surface area contributed by atoms with Crippen LogP contribution in [0.2, 0.25) is 0 Å². The Morgan fingerprint density at radius 2 is 1.50 bits per heavy atom. The predicted octanol–water partition coefficient (Wildman–Crippen LogP) is 4.88. The Morgan fingerprint density at radius 1 is 0.882 bits per heavy atom. The molecule has 0 aliphatic carbocycles. The van der Waals surface area contributed by atoms with Crippen LogP contribution in [0, 0.1) is 0 Å². The van der Waals surface area contributed by atoms with E-state index in [4.69, 9.17) is 9.47 Å². The zero-order valence-electron chi connectivity index (χ0n) is 18.3. The van der Waals surface area contributed by atoms with Crippen molar-refractivity contribution in [3.05, 3.63) is 83.7 Å². The average molecular weight is 496 g/mol. The summed E-state index contributed by atoms with van der Waals surface area (Å²) in [6.45, 7) is 0. The largest absolute Gasteiger partial charge is 0.497 e. The molecule has 0 saturated heterocycles. The van der Waals surface area contributed by atoms with Crippen molar-refractivity contribution < 1.29 is 22.7 Å². The first-order valence-corrected chi connectivity index (χ1v) is 12.4. The van der Waals surface area contributed by atoms with Crippen LogP contribution < -0.4 is 19.5 Å². The minimum atomic E-state index is -3.91. The van der Waals surface area contributed by atoms with E-state index in [-0.39, 0.29) is 16.1 Å². The Bertz CT molecular complexity index is 1400. The van der Waals surface area contributed by atoms with Crippen molar-refractivity contribution in [1.29, 1.82) is 0 Å². The molecule has 0 radical (unpaired) electrons. The third-order valence-electron chi connectivity index (χ3n) is 4.90. The van der Waals surface area contributed by atoms with E-state index in [1.807, 2.05) is 29.6 Å². The van der Waals surface area contributed by atoms with Crippen LogP contribution in [0.5, 0.6) is 11.5 Å². The van der Waals surface area contributed by atoms with Crippen LogP contribution >= 0.6 is 11.3 Å². The first kappa shape index (κ1) is 23.3. The summed E-state index contributed by atoms with van der Waals surface area (Å²) >= 11 is 1.27. The third-order valence-corrected chi connectivity index (χ3v) is 7.04. The van der Waals surface area contributed by atoms with Crippen LogP contribution in [0.3, 0.4) is 0 Å². The number of hydrogen-bond donors (Lipinski definition) is 2. The van der Waals surface area contributed by atoms with Crippen molar-refractivity contribution in [2.24, 2.45) is 0 Å². The summed E-state index contributed by atoms with van der Waals surface area (Å²) in [5, 5.41) is 4.97. The van der Waals surface area contributed by atoms with Crippen molar-refractivity contribution >= 4 is 38.1 Å². The van der Waals surface area contributed by atoms with Crippen LogP contribution in [0.4, 0.5) is 10.8 Å². The zero-order chi connectivity index (χ0) is 24.1. The smallest absolute Gasteiger partial charge is 0.261 e. The van der Waals surface area contributed by atoms with Gasteiger partial charge in [-0.3, -0.25) is 14.8 Å². The molecule has 3 aromatic carbocycles. The van der Waals surface area contributed by atoms with Crippen LogP contribution in [0.1, 0.15) is 10.4 Å². The standard InChI is InChI=1S/C24H21N3O5S2/c1-31-17-9-7-16(8-10-17)22-15-33-24(25-22)26-23(28)20-5-3-4-6-21(20)27-34(29,30)19-13-11-18(32-2)12-14-19/h3-15,27H,1-2H3,(H,25,26,28). The highest BCUT2D eigenvalue weighted by Crippen LogP contribution is 2.28. The lowest BCUT2D eigenvalue weighted by molar-refractivity contribution is 0.102. The number of anilines is 2. The SMILES string of the molecule is COc1ccc(-c2csc(NC(=O)c3ccccc3NS(=O)(=O)c3ccc(OC)cc3)n2)cc1. The molecule has 34 heavy (non-hydrogen) atoms. The van der Waals surface area contributed by atoms with Gasteiger partial charge in [0.15, 0.2) is 5.13 Å². The monoisotopic (exact) mass is 495 g/mol. The van der Waals surface area contributed by atoms with Gasteiger partial charge in [-0.05, 0) is 60.7 Å². The Labute approximate surface area is 201 Å². The van der Waals surface area contributed by atoms with E-state index in [1.165, 1.54) is 36.6 Å². The highest BCUT2D eigenvalue weighted by atomic mass is 32.2. The fourth-order valence-corrected chi connectivity index (χ4v) is 4.91. The normalized spacial score (nSPS) is 11.0. The molecule has 0 fully saturated rings. The maximum absolute atomic E-state index is 13.0. The van der Waals surface area contributed by atoms with Crippen LogP contribution in [0.15, 0.2) is 83.1 Å².